The Hall–Kier alpha value is -2.49. The summed E-state index contributed by atoms with van der Waals surface area (Å²) in [5.74, 6) is 1.45. The largest absolute Gasteiger partial charge is 0.497 e. The molecule has 1 amide bonds. The van der Waals surface area contributed by atoms with Crippen LogP contribution >= 0.6 is 0 Å². The Kier molecular flexibility index (Phi) is 5.42. The zero-order valence-electron chi connectivity index (χ0n) is 13.2. The third-order valence-electron chi connectivity index (χ3n) is 3.45. The SMILES string of the molecule is COc1ccc(OC)c(CNC(=O)Cc2ccc(C)cc2)c1. The molecule has 0 aromatic heterocycles. The van der Waals surface area contributed by atoms with Gasteiger partial charge in [-0.15, -0.1) is 0 Å². The van der Waals surface area contributed by atoms with Gasteiger partial charge in [-0.25, -0.2) is 0 Å². The van der Waals surface area contributed by atoms with Crippen LogP contribution in [0.2, 0.25) is 0 Å². The summed E-state index contributed by atoms with van der Waals surface area (Å²) in [6, 6.07) is 13.5. The number of hydrogen-bond acceptors (Lipinski definition) is 3. The standard InChI is InChI=1S/C18H21NO3/c1-13-4-6-14(7-5-13)10-18(20)19-12-15-11-16(21-2)8-9-17(15)22-3/h4-9,11H,10,12H2,1-3H3,(H,19,20). The van der Waals surface area contributed by atoms with E-state index < -0.39 is 0 Å². The van der Waals surface area contributed by atoms with Crippen LogP contribution in [-0.2, 0) is 17.8 Å². The van der Waals surface area contributed by atoms with Crippen molar-refractivity contribution in [3.05, 3.63) is 59.2 Å². The average molecular weight is 299 g/mol. The molecule has 0 fully saturated rings. The maximum Gasteiger partial charge on any atom is 0.224 e. The molecule has 0 bridgehead atoms. The maximum absolute atomic E-state index is 12.0. The van der Waals surface area contributed by atoms with Crippen LogP contribution in [0, 0.1) is 6.92 Å². The number of amides is 1. The molecule has 2 aromatic rings. The monoisotopic (exact) mass is 299 g/mol. The van der Waals surface area contributed by atoms with Crippen molar-refractivity contribution in [2.75, 3.05) is 14.2 Å². The minimum atomic E-state index is -0.0197. The Labute approximate surface area is 131 Å². The van der Waals surface area contributed by atoms with Gasteiger partial charge in [-0.05, 0) is 30.7 Å². The molecule has 116 valence electrons. The van der Waals surface area contributed by atoms with Gasteiger partial charge in [-0.1, -0.05) is 29.8 Å². The maximum atomic E-state index is 12.0. The quantitative estimate of drug-likeness (QED) is 0.892. The molecule has 0 aliphatic rings. The van der Waals surface area contributed by atoms with Crippen LogP contribution in [0.4, 0.5) is 0 Å². The van der Waals surface area contributed by atoms with Crippen molar-refractivity contribution in [2.24, 2.45) is 0 Å². The molecule has 2 aromatic carbocycles. The summed E-state index contributed by atoms with van der Waals surface area (Å²) >= 11 is 0. The summed E-state index contributed by atoms with van der Waals surface area (Å²) in [6.45, 7) is 2.43. The van der Waals surface area contributed by atoms with Gasteiger partial charge in [0.05, 0.1) is 20.6 Å². The number of carbonyl (C=O) groups excluding carboxylic acids is 1. The van der Waals surface area contributed by atoms with E-state index >= 15 is 0 Å². The van der Waals surface area contributed by atoms with Crippen molar-refractivity contribution in [3.8, 4) is 11.5 Å². The first-order chi connectivity index (χ1) is 10.6. The van der Waals surface area contributed by atoms with Crippen LogP contribution in [0.15, 0.2) is 42.5 Å². The van der Waals surface area contributed by atoms with E-state index in [4.69, 9.17) is 9.47 Å². The van der Waals surface area contributed by atoms with E-state index in [2.05, 4.69) is 5.32 Å². The summed E-state index contributed by atoms with van der Waals surface area (Å²) in [6.07, 6.45) is 0.368. The van der Waals surface area contributed by atoms with Crippen molar-refractivity contribution in [1.29, 1.82) is 0 Å². The fraction of sp³-hybridized carbons (Fsp3) is 0.278. The van der Waals surface area contributed by atoms with Crippen LogP contribution in [0.25, 0.3) is 0 Å². The van der Waals surface area contributed by atoms with Crippen LogP contribution in [-0.4, -0.2) is 20.1 Å². The Morgan fingerprint density at radius 3 is 2.41 bits per heavy atom. The van der Waals surface area contributed by atoms with E-state index in [9.17, 15) is 4.79 Å². The first kappa shape index (κ1) is 15.9. The lowest BCUT2D eigenvalue weighted by Gasteiger charge is -2.11. The average Bonchev–Trinajstić information content (AvgIpc) is 2.54. The zero-order valence-corrected chi connectivity index (χ0v) is 13.2. The Bertz CT molecular complexity index is 635. The number of nitrogens with one attached hydrogen (secondary N) is 1. The minimum Gasteiger partial charge on any atom is -0.497 e. The molecule has 0 saturated carbocycles. The number of ether oxygens (including phenoxy) is 2. The van der Waals surface area contributed by atoms with Gasteiger partial charge in [0, 0.05) is 12.1 Å². The van der Waals surface area contributed by atoms with Gasteiger partial charge in [0.2, 0.25) is 5.91 Å². The number of carbonyl (C=O) groups is 1. The number of benzene rings is 2. The van der Waals surface area contributed by atoms with Crippen molar-refractivity contribution < 1.29 is 14.3 Å². The molecular weight excluding hydrogens is 278 g/mol. The third kappa shape index (κ3) is 4.25. The molecule has 0 unspecified atom stereocenters. The molecule has 0 atom stereocenters. The highest BCUT2D eigenvalue weighted by molar-refractivity contribution is 5.78. The summed E-state index contributed by atoms with van der Waals surface area (Å²) in [5.41, 5.74) is 3.07. The van der Waals surface area contributed by atoms with E-state index in [1.807, 2.05) is 49.4 Å². The normalized spacial score (nSPS) is 10.1. The van der Waals surface area contributed by atoms with Crippen LogP contribution in [0.3, 0.4) is 0 Å². The molecule has 0 radical (unpaired) electrons. The first-order valence-corrected chi connectivity index (χ1v) is 7.15. The predicted molar refractivity (Wildman–Crippen MR) is 86.3 cm³/mol. The fourth-order valence-corrected chi connectivity index (χ4v) is 2.17. The molecule has 22 heavy (non-hydrogen) atoms. The van der Waals surface area contributed by atoms with Crippen molar-refractivity contribution in [3.63, 3.8) is 0 Å². The lowest BCUT2D eigenvalue weighted by molar-refractivity contribution is -0.120. The highest BCUT2D eigenvalue weighted by Crippen LogP contribution is 2.23. The number of aryl methyl sites for hydroxylation is 1. The summed E-state index contributed by atoms with van der Waals surface area (Å²) in [5, 5.41) is 2.91. The smallest absolute Gasteiger partial charge is 0.224 e. The first-order valence-electron chi connectivity index (χ1n) is 7.15. The van der Waals surface area contributed by atoms with Gasteiger partial charge < -0.3 is 14.8 Å². The Morgan fingerprint density at radius 1 is 1.05 bits per heavy atom. The van der Waals surface area contributed by atoms with Crippen molar-refractivity contribution in [1.82, 2.24) is 5.32 Å². The lowest BCUT2D eigenvalue weighted by atomic mass is 10.1. The third-order valence-corrected chi connectivity index (χ3v) is 3.45. The van der Waals surface area contributed by atoms with Gasteiger partial charge in [-0.3, -0.25) is 4.79 Å². The summed E-state index contributed by atoms with van der Waals surface area (Å²) in [7, 11) is 3.22. The zero-order chi connectivity index (χ0) is 15.9. The van der Waals surface area contributed by atoms with Gasteiger partial charge in [0.1, 0.15) is 11.5 Å². The van der Waals surface area contributed by atoms with E-state index in [1.54, 1.807) is 14.2 Å². The second-order valence-corrected chi connectivity index (χ2v) is 5.12. The fourth-order valence-electron chi connectivity index (χ4n) is 2.17. The van der Waals surface area contributed by atoms with E-state index in [0.29, 0.717) is 13.0 Å². The van der Waals surface area contributed by atoms with E-state index in [1.165, 1.54) is 5.56 Å². The van der Waals surface area contributed by atoms with Gasteiger partial charge in [-0.2, -0.15) is 0 Å². The van der Waals surface area contributed by atoms with E-state index in [-0.39, 0.29) is 5.91 Å². The van der Waals surface area contributed by atoms with Crippen LogP contribution in [0.5, 0.6) is 11.5 Å². The highest BCUT2D eigenvalue weighted by atomic mass is 16.5. The Balaban J connectivity index is 1.97. The molecular formula is C18H21NO3. The summed E-state index contributed by atoms with van der Waals surface area (Å²) < 4.78 is 10.5. The van der Waals surface area contributed by atoms with E-state index in [0.717, 1.165) is 22.6 Å². The number of rotatable bonds is 6. The molecule has 1 N–H and O–H groups in total. The molecule has 4 heteroatoms. The second-order valence-electron chi connectivity index (χ2n) is 5.12. The van der Waals surface area contributed by atoms with Crippen molar-refractivity contribution >= 4 is 5.91 Å². The lowest BCUT2D eigenvalue weighted by Crippen LogP contribution is -2.24. The molecule has 0 aliphatic heterocycles. The minimum absolute atomic E-state index is 0.0197. The summed E-state index contributed by atoms with van der Waals surface area (Å²) in [4.78, 5) is 12.0. The van der Waals surface area contributed by atoms with Crippen molar-refractivity contribution in [2.45, 2.75) is 19.9 Å². The number of hydrogen-bond donors (Lipinski definition) is 1. The Morgan fingerprint density at radius 2 is 1.77 bits per heavy atom. The number of methoxy groups -OCH3 is 2. The topological polar surface area (TPSA) is 47.6 Å². The molecule has 4 nitrogen and oxygen atoms in total. The van der Waals surface area contributed by atoms with Gasteiger partial charge in [0.25, 0.3) is 0 Å². The molecule has 0 saturated heterocycles. The molecule has 0 heterocycles. The predicted octanol–water partition coefficient (Wildman–Crippen LogP) is 2.87. The highest BCUT2D eigenvalue weighted by Gasteiger charge is 2.08. The van der Waals surface area contributed by atoms with Gasteiger partial charge in [0.15, 0.2) is 0 Å². The molecule has 0 spiro atoms. The molecule has 0 aliphatic carbocycles. The second kappa shape index (κ2) is 7.50. The van der Waals surface area contributed by atoms with Crippen LogP contribution in [0.1, 0.15) is 16.7 Å². The molecule has 2 rings (SSSR count). The van der Waals surface area contributed by atoms with Crippen LogP contribution < -0.4 is 14.8 Å². The van der Waals surface area contributed by atoms with Gasteiger partial charge >= 0.3 is 0 Å².